The van der Waals surface area contributed by atoms with Gasteiger partial charge >= 0.3 is 6.03 Å². The third-order valence-electron chi connectivity index (χ3n) is 8.28. The molecule has 0 unspecified atom stereocenters. The molecule has 12 nitrogen and oxygen atoms in total. The van der Waals surface area contributed by atoms with Crippen LogP contribution < -0.4 is 15.5 Å². The van der Waals surface area contributed by atoms with Crippen molar-refractivity contribution in [3.63, 3.8) is 0 Å². The molecule has 0 spiro atoms. The van der Waals surface area contributed by atoms with Gasteiger partial charge in [0, 0.05) is 50.2 Å². The van der Waals surface area contributed by atoms with Gasteiger partial charge in [0.1, 0.15) is 10.6 Å². The molecule has 3 aliphatic rings. The van der Waals surface area contributed by atoms with Crippen molar-refractivity contribution < 1.29 is 22.7 Å². The SMILES string of the molecule is C[C@H]1COCCN1c1cc(C2(S(=O)(=O)c3ccc(C(=O)N(C)C)cn3)CC2)nc(-c2ccc(N(C(N)=O)C3CC3)cc2)n1. The molecule has 2 aromatic heterocycles. The maximum atomic E-state index is 14.1. The van der Waals surface area contributed by atoms with Crippen LogP contribution in [-0.4, -0.2) is 86.1 Å². The molecule has 3 heterocycles. The van der Waals surface area contributed by atoms with Crippen molar-refractivity contribution in [1.29, 1.82) is 0 Å². The van der Waals surface area contributed by atoms with Crippen LogP contribution in [0.25, 0.3) is 11.4 Å². The van der Waals surface area contributed by atoms with Gasteiger partial charge in [-0.3, -0.25) is 9.69 Å². The Labute approximate surface area is 250 Å². The van der Waals surface area contributed by atoms with Gasteiger partial charge in [-0.25, -0.2) is 28.2 Å². The number of hydrogen-bond acceptors (Lipinski definition) is 9. The molecule has 0 bridgehead atoms. The highest BCUT2D eigenvalue weighted by Gasteiger charge is 2.58. The molecule has 43 heavy (non-hydrogen) atoms. The number of hydrogen-bond donors (Lipinski definition) is 1. The second kappa shape index (κ2) is 10.9. The fourth-order valence-electron chi connectivity index (χ4n) is 5.53. The zero-order chi connectivity index (χ0) is 30.5. The van der Waals surface area contributed by atoms with E-state index in [0.29, 0.717) is 66.8 Å². The molecule has 6 rings (SSSR count). The molecular weight excluding hydrogens is 570 g/mol. The smallest absolute Gasteiger partial charge is 0.319 e. The number of ether oxygens (including phenoxy) is 1. The van der Waals surface area contributed by atoms with Crippen LogP contribution in [0, 0.1) is 0 Å². The Morgan fingerprint density at radius 2 is 1.79 bits per heavy atom. The minimum atomic E-state index is -3.96. The quantitative estimate of drug-likeness (QED) is 0.408. The Bertz CT molecular complexity index is 1650. The summed E-state index contributed by atoms with van der Waals surface area (Å²) in [4.78, 5) is 43.4. The molecule has 1 atom stereocenters. The lowest BCUT2D eigenvalue weighted by molar-refractivity contribution is 0.0827. The molecular formula is C30H35N7O5S. The maximum Gasteiger partial charge on any atom is 0.319 e. The van der Waals surface area contributed by atoms with E-state index < -0.39 is 20.6 Å². The van der Waals surface area contributed by atoms with E-state index >= 15 is 0 Å². The van der Waals surface area contributed by atoms with E-state index in [2.05, 4.69) is 9.88 Å². The minimum absolute atomic E-state index is 0.0320. The van der Waals surface area contributed by atoms with Crippen molar-refractivity contribution in [2.45, 2.75) is 54.5 Å². The number of carbonyl (C=O) groups excluding carboxylic acids is 2. The van der Waals surface area contributed by atoms with E-state index in [0.717, 1.165) is 12.8 Å². The van der Waals surface area contributed by atoms with Gasteiger partial charge < -0.3 is 20.3 Å². The Balaban J connectivity index is 1.40. The van der Waals surface area contributed by atoms with Crippen molar-refractivity contribution >= 4 is 33.3 Å². The van der Waals surface area contributed by atoms with Crippen molar-refractivity contribution in [3.8, 4) is 11.4 Å². The molecule has 1 aliphatic heterocycles. The van der Waals surface area contributed by atoms with E-state index in [4.69, 9.17) is 20.4 Å². The molecule has 1 saturated heterocycles. The number of pyridine rings is 1. The summed E-state index contributed by atoms with van der Waals surface area (Å²) in [6, 6.07) is 11.6. The van der Waals surface area contributed by atoms with Crippen LogP contribution in [0.4, 0.5) is 16.3 Å². The largest absolute Gasteiger partial charge is 0.377 e. The Kier molecular flexibility index (Phi) is 7.33. The molecule has 2 aliphatic carbocycles. The number of anilines is 2. The lowest BCUT2D eigenvalue weighted by atomic mass is 10.1. The molecule has 3 aromatic rings. The lowest BCUT2D eigenvalue weighted by Crippen LogP contribution is -2.44. The number of nitrogens with zero attached hydrogens (tertiary/aromatic N) is 6. The van der Waals surface area contributed by atoms with Gasteiger partial charge in [-0.1, -0.05) is 0 Å². The second-order valence-electron chi connectivity index (χ2n) is 11.6. The number of nitrogens with two attached hydrogens (primary N) is 1. The van der Waals surface area contributed by atoms with Crippen molar-refractivity contribution in [1.82, 2.24) is 19.9 Å². The van der Waals surface area contributed by atoms with Gasteiger partial charge in [-0.05, 0) is 69.0 Å². The van der Waals surface area contributed by atoms with Crippen LogP contribution in [0.3, 0.4) is 0 Å². The van der Waals surface area contributed by atoms with E-state index in [9.17, 15) is 18.0 Å². The van der Waals surface area contributed by atoms with Gasteiger partial charge in [-0.15, -0.1) is 0 Å². The van der Waals surface area contributed by atoms with Crippen LogP contribution in [0.15, 0.2) is 53.7 Å². The minimum Gasteiger partial charge on any atom is -0.377 e. The van der Waals surface area contributed by atoms with Crippen LogP contribution in [0.5, 0.6) is 0 Å². The molecule has 13 heteroatoms. The van der Waals surface area contributed by atoms with Crippen LogP contribution in [0.1, 0.15) is 48.7 Å². The third-order valence-corrected chi connectivity index (χ3v) is 10.7. The first-order valence-corrected chi connectivity index (χ1v) is 15.9. The van der Waals surface area contributed by atoms with E-state index in [1.165, 1.54) is 23.2 Å². The predicted octanol–water partition coefficient (Wildman–Crippen LogP) is 2.98. The number of rotatable bonds is 8. The van der Waals surface area contributed by atoms with Gasteiger partial charge in [0.25, 0.3) is 5.91 Å². The number of aromatic nitrogens is 3. The second-order valence-corrected chi connectivity index (χ2v) is 13.8. The molecule has 0 radical (unpaired) electrons. The zero-order valence-corrected chi connectivity index (χ0v) is 25.2. The van der Waals surface area contributed by atoms with Crippen molar-refractivity contribution in [3.05, 3.63) is 59.9 Å². The predicted molar refractivity (Wildman–Crippen MR) is 161 cm³/mol. The highest BCUT2D eigenvalue weighted by atomic mass is 32.2. The summed E-state index contributed by atoms with van der Waals surface area (Å²) in [5.41, 5.74) is 7.73. The maximum absolute atomic E-state index is 14.1. The summed E-state index contributed by atoms with van der Waals surface area (Å²) in [6.45, 7) is 3.70. The summed E-state index contributed by atoms with van der Waals surface area (Å²) in [7, 11) is -0.710. The Hall–Kier alpha value is -4.10. The van der Waals surface area contributed by atoms with Gasteiger partial charge in [0.05, 0.1) is 30.5 Å². The lowest BCUT2D eigenvalue weighted by Gasteiger charge is -2.34. The number of urea groups is 1. The highest BCUT2D eigenvalue weighted by Crippen LogP contribution is 2.55. The van der Waals surface area contributed by atoms with Gasteiger partial charge in [-0.2, -0.15) is 0 Å². The molecule has 3 amide bonds. The molecule has 2 saturated carbocycles. The summed E-state index contributed by atoms with van der Waals surface area (Å²) in [5.74, 6) is 0.749. The van der Waals surface area contributed by atoms with Crippen LogP contribution >= 0.6 is 0 Å². The molecule has 226 valence electrons. The Morgan fingerprint density at radius 3 is 2.35 bits per heavy atom. The average Bonchev–Trinajstić information content (AvgIpc) is 3.93. The van der Waals surface area contributed by atoms with Crippen molar-refractivity contribution in [2.24, 2.45) is 5.73 Å². The zero-order valence-electron chi connectivity index (χ0n) is 24.4. The van der Waals surface area contributed by atoms with Crippen molar-refractivity contribution in [2.75, 3.05) is 43.7 Å². The van der Waals surface area contributed by atoms with Crippen LogP contribution in [-0.2, 0) is 19.3 Å². The summed E-state index contributed by atoms with van der Waals surface area (Å²) in [6.07, 6.45) is 3.90. The number of benzene rings is 1. The first kappa shape index (κ1) is 29.0. The first-order chi connectivity index (χ1) is 20.5. The number of morpholine rings is 1. The van der Waals surface area contributed by atoms with E-state index in [-0.39, 0.29) is 23.0 Å². The summed E-state index contributed by atoms with van der Waals surface area (Å²) < 4.78 is 32.5. The fraction of sp³-hybridized carbons (Fsp3) is 0.433. The standard InChI is InChI=1S/C30H35N7O5S/c1-19-18-42-15-14-36(19)25-16-24(30(12-13-30)43(40,41)26-11-6-21(17-32-26)28(38)35(2)3)33-27(34-25)20-4-7-22(8-5-20)37(29(31)39)23-9-10-23/h4-8,11,16-17,19,23H,9-10,12-15,18H2,1-3H3,(H2,31,39)/t19-/m0/s1. The normalized spacial score (nSPS) is 19.5. The summed E-state index contributed by atoms with van der Waals surface area (Å²) in [5, 5.41) is -0.0993. The van der Waals surface area contributed by atoms with Gasteiger partial charge in [0.15, 0.2) is 10.9 Å². The van der Waals surface area contributed by atoms with Crippen LogP contribution in [0.2, 0.25) is 0 Å². The number of primary amides is 1. The molecule has 3 fully saturated rings. The topological polar surface area (TPSA) is 152 Å². The molecule has 2 N–H and O–H groups in total. The average molecular weight is 606 g/mol. The highest BCUT2D eigenvalue weighted by molar-refractivity contribution is 7.92. The number of amides is 3. The van der Waals surface area contributed by atoms with E-state index in [1.807, 2.05) is 31.2 Å². The summed E-state index contributed by atoms with van der Waals surface area (Å²) >= 11 is 0. The fourth-order valence-corrected chi connectivity index (χ4v) is 7.39. The third kappa shape index (κ3) is 5.31. The Morgan fingerprint density at radius 1 is 1.07 bits per heavy atom. The van der Waals surface area contributed by atoms with Gasteiger partial charge in [0.2, 0.25) is 9.84 Å². The number of sulfone groups is 1. The monoisotopic (exact) mass is 605 g/mol. The van der Waals surface area contributed by atoms with E-state index in [1.54, 1.807) is 25.1 Å². The first-order valence-electron chi connectivity index (χ1n) is 14.4. The molecule has 1 aromatic carbocycles. The number of carbonyl (C=O) groups is 2.